The van der Waals surface area contributed by atoms with E-state index in [1.54, 1.807) is 0 Å². The van der Waals surface area contributed by atoms with Gasteiger partial charge in [0, 0.05) is 43.7 Å². The Morgan fingerprint density at radius 1 is 0.360 bits per heavy atom. The molecular weight excluding hydrogens is 650 g/mol. The monoisotopic (exact) mass is 694 g/mol. The molecule has 252 valence electrons. The quantitative estimate of drug-likeness (QED) is 0.156. The Morgan fingerprint density at radius 2 is 0.680 bits per heavy atom. The zero-order valence-corrected chi connectivity index (χ0v) is 30.2. The summed E-state index contributed by atoms with van der Waals surface area (Å²) in [5.74, 6) is 1.76. The highest BCUT2D eigenvalue weighted by molar-refractivity contribution is 7.74. The van der Waals surface area contributed by atoms with Gasteiger partial charge in [-0.1, -0.05) is 147 Å². The average Bonchev–Trinajstić information content (AvgIpc) is 3.18. The fourth-order valence-electron chi connectivity index (χ4n) is 6.26. The molecule has 0 atom stereocenters. The number of fused-ring (bicyclic) bond motifs is 5. The lowest BCUT2D eigenvalue weighted by molar-refractivity contribution is 0.297. The first-order chi connectivity index (χ1) is 24.8. The largest absolute Gasteiger partial charge is 0.494 e. The first kappa shape index (κ1) is 33.9. The van der Waals surface area contributed by atoms with E-state index in [1.807, 2.05) is 0 Å². The Kier molecular flexibility index (Phi) is 11.7. The summed E-state index contributed by atoms with van der Waals surface area (Å²) in [5, 5.41) is 13.1. The first-order valence-corrected chi connectivity index (χ1v) is 20.4. The highest BCUT2D eigenvalue weighted by Crippen LogP contribution is 2.46. The van der Waals surface area contributed by atoms with Gasteiger partial charge in [0.15, 0.2) is 0 Å². The maximum atomic E-state index is 6.44. The summed E-state index contributed by atoms with van der Waals surface area (Å²) >= 11 is 0. The van der Waals surface area contributed by atoms with Crippen LogP contribution in [0.4, 0.5) is 11.4 Å². The van der Waals surface area contributed by atoms with Gasteiger partial charge in [0.05, 0.1) is 29.4 Å². The molecule has 6 aromatic carbocycles. The van der Waals surface area contributed by atoms with E-state index in [0.29, 0.717) is 13.2 Å². The highest BCUT2D eigenvalue weighted by Gasteiger charge is 2.21. The number of hydrogen-bond acceptors (Lipinski definition) is 4. The van der Waals surface area contributed by atoms with Crippen LogP contribution in [0, 0.1) is 0 Å². The number of ether oxygens (including phenoxy) is 2. The molecule has 0 saturated heterocycles. The molecule has 6 aromatic rings. The molecule has 0 unspecified atom stereocenters. The standard InChI is InChI=1S/C44H44N2O2P2/c1-2-4-18-32-48-36-28-30-44(46-50(39-23-13-7-14-24-39)40-25-15-8-16-26-40)42(34-36)41-33-35(47-31-17-3-1)27-29-43(41)45-49(37-19-9-5-10-20-37)38-21-11-6-12-22-38/h5-16,19-30,33-34,45-46H,1-4,17-18,31-32H2. The molecule has 7 rings (SSSR count). The molecule has 50 heavy (non-hydrogen) atoms. The molecule has 0 radical (unpaired) electrons. The van der Waals surface area contributed by atoms with Gasteiger partial charge in [-0.2, -0.15) is 0 Å². The normalized spacial score (nSPS) is 13.6. The van der Waals surface area contributed by atoms with E-state index in [-0.39, 0.29) is 0 Å². The van der Waals surface area contributed by atoms with Crippen LogP contribution in [-0.2, 0) is 0 Å². The van der Waals surface area contributed by atoms with E-state index in [1.165, 1.54) is 46.9 Å². The Balaban J connectivity index is 1.36. The van der Waals surface area contributed by atoms with Crippen LogP contribution in [0.25, 0.3) is 11.1 Å². The summed E-state index contributed by atoms with van der Waals surface area (Å²) in [4.78, 5) is 0. The van der Waals surface area contributed by atoms with Crippen molar-refractivity contribution in [2.75, 3.05) is 23.4 Å². The lowest BCUT2D eigenvalue weighted by Crippen LogP contribution is -2.18. The molecular formula is C44H44N2O2P2. The third-order valence-electron chi connectivity index (χ3n) is 8.87. The van der Waals surface area contributed by atoms with Crippen LogP contribution in [0.3, 0.4) is 0 Å². The van der Waals surface area contributed by atoms with Crippen molar-refractivity contribution in [3.05, 3.63) is 158 Å². The molecule has 0 saturated carbocycles. The second-order valence-electron chi connectivity index (χ2n) is 12.5. The molecule has 1 heterocycles. The van der Waals surface area contributed by atoms with Crippen LogP contribution < -0.4 is 40.9 Å². The number of rotatable bonds is 8. The molecule has 2 N–H and O–H groups in total. The summed E-state index contributed by atoms with van der Waals surface area (Å²) in [6.45, 7) is 1.43. The zero-order chi connectivity index (χ0) is 33.8. The van der Waals surface area contributed by atoms with Crippen LogP contribution in [-0.4, -0.2) is 13.2 Å². The Bertz CT molecular complexity index is 1700. The second kappa shape index (κ2) is 17.3. The first-order valence-electron chi connectivity index (χ1n) is 17.7. The summed E-state index contributed by atoms with van der Waals surface area (Å²) in [6, 6.07) is 56.2. The second-order valence-corrected chi connectivity index (χ2v) is 16.3. The minimum absolute atomic E-state index is 0.717. The van der Waals surface area contributed by atoms with E-state index in [2.05, 4.69) is 168 Å². The molecule has 0 aromatic heterocycles. The fourth-order valence-corrected chi connectivity index (χ4v) is 10.1. The molecule has 0 fully saturated rings. The minimum atomic E-state index is -0.906. The maximum Gasteiger partial charge on any atom is 0.120 e. The number of anilines is 2. The van der Waals surface area contributed by atoms with Gasteiger partial charge in [0.1, 0.15) is 11.5 Å². The van der Waals surface area contributed by atoms with Gasteiger partial charge < -0.3 is 19.6 Å². The Hall–Kier alpha value is -4.62. The summed E-state index contributed by atoms with van der Waals surface area (Å²) < 4.78 is 12.9. The van der Waals surface area contributed by atoms with Crippen LogP contribution in [0.2, 0.25) is 0 Å². The minimum Gasteiger partial charge on any atom is -0.494 e. The summed E-state index contributed by atoms with van der Waals surface area (Å²) in [5.41, 5.74) is 4.28. The molecule has 6 heteroatoms. The van der Waals surface area contributed by atoms with Crippen molar-refractivity contribution in [3.8, 4) is 22.6 Å². The van der Waals surface area contributed by atoms with Gasteiger partial charge in [0.25, 0.3) is 0 Å². The Labute approximate surface area is 299 Å². The maximum absolute atomic E-state index is 6.44. The van der Waals surface area contributed by atoms with Crippen molar-refractivity contribution in [1.29, 1.82) is 0 Å². The van der Waals surface area contributed by atoms with Crippen molar-refractivity contribution >= 4 is 48.7 Å². The molecule has 1 aliphatic heterocycles. The molecule has 0 aliphatic carbocycles. The van der Waals surface area contributed by atoms with Crippen molar-refractivity contribution < 1.29 is 9.47 Å². The molecule has 0 spiro atoms. The van der Waals surface area contributed by atoms with Gasteiger partial charge in [0.2, 0.25) is 0 Å². The van der Waals surface area contributed by atoms with Gasteiger partial charge in [-0.05, 0) is 49.2 Å². The van der Waals surface area contributed by atoms with Gasteiger partial charge in [-0.3, -0.25) is 0 Å². The number of hydrogen-bond donors (Lipinski definition) is 2. The molecule has 4 bridgehead atoms. The summed E-state index contributed by atoms with van der Waals surface area (Å²) in [6.07, 6.45) is 6.94. The van der Waals surface area contributed by atoms with E-state index in [4.69, 9.17) is 9.47 Å². The third kappa shape index (κ3) is 8.75. The predicted octanol–water partition coefficient (Wildman–Crippen LogP) is 10.4. The van der Waals surface area contributed by atoms with Crippen molar-refractivity contribution in [2.24, 2.45) is 0 Å². The van der Waals surface area contributed by atoms with E-state index in [9.17, 15) is 0 Å². The van der Waals surface area contributed by atoms with Crippen molar-refractivity contribution in [2.45, 2.75) is 38.5 Å². The van der Waals surface area contributed by atoms with E-state index < -0.39 is 16.1 Å². The zero-order valence-electron chi connectivity index (χ0n) is 28.4. The highest BCUT2D eigenvalue weighted by atomic mass is 31.1. The topological polar surface area (TPSA) is 42.5 Å². The lowest BCUT2D eigenvalue weighted by Gasteiger charge is -2.26. The average molecular weight is 695 g/mol. The number of benzene rings is 6. The van der Waals surface area contributed by atoms with Crippen LogP contribution in [0.1, 0.15) is 38.5 Å². The van der Waals surface area contributed by atoms with Gasteiger partial charge in [-0.25, -0.2) is 0 Å². The smallest absolute Gasteiger partial charge is 0.120 e. The van der Waals surface area contributed by atoms with Crippen molar-refractivity contribution in [1.82, 2.24) is 0 Å². The molecule has 0 amide bonds. The SMILES string of the molecule is c1ccc(P(Nc2ccc3cc2-c2cc(ccc2NP(c2ccccc2)c2ccccc2)OCCCCCCCCO3)c2ccccc2)cc1. The van der Waals surface area contributed by atoms with Crippen LogP contribution >= 0.6 is 16.1 Å². The fraction of sp³-hybridized carbons (Fsp3) is 0.182. The molecule has 4 nitrogen and oxygen atoms in total. The molecule has 1 aliphatic rings. The number of nitrogens with one attached hydrogen (secondary N) is 2. The van der Waals surface area contributed by atoms with Crippen molar-refractivity contribution in [3.63, 3.8) is 0 Å². The van der Waals surface area contributed by atoms with Gasteiger partial charge >= 0.3 is 0 Å². The Morgan fingerprint density at radius 3 is 1.02 bits per heavy atom. The summed E-state index contributed by atoms with van der Waals surface area (Å²) in [7, 11) is -1.81. The van der Waals surface area contributed by atoms with E-state index in [0.717, 1.165) is 46.8 Å². The van der Waals surface area contributed by atoms with Crippen LogP contribution in [0.15, 0.2) is 158 Å². The lowest BCUT2D eigenvalue weighted by atomic mass is 10.0. The van der Waals surface area contributed by atoms with Gasteiger partial charge in [-0.15, -0.1) is 0 Å². The predicted molar refractivity (Wildman–Crippen MR) is 216 cm³/mol. The van der Waals surface area contributed by atoms with E-state index >= 15 is 0 Å². The third-order valence-corrected chi connectivity index (χ3v) is 13.1. The van der Waals surface area contributed by atoms with Crippen LogP contribution in [0.5, 0.6) is 11.5 Å².